The average Bonchev–Trinajstić information content (AvgIpc) is 2.63. The predicted molar refractivity (Wildman–Crippen MR) is 69.0 cm³/mol. The summed E-state index contributed by atoms with van der Waals surface area (Å²) in [5.74, 6) is -0.124. The van der Waals surface area contributed by atoms with Crippen LogP contribution in [0.25, 0.3) is 0 Å². The first-order valence-corrected chi connectivity index (χ1v) is 6.35. The summed E-state index contributed by atoms with van der Waals surface area (Å²) in [6.45, 7) is 0.685. The molecule has 2 heterocycles. The van der Waals surface area contributed by atoms with Gasteiger partial charge in [0, 0.05) is 24.6 Å². The molecule has 2 rings (SSSR count). The van der Waals surface area contributed by atoms with Crippen molar-refractivity contribution in [3.63, 3.8) is 0 Å². The second-order valence-corrected chi connectivity index (χ2v) is 4.65. The maximum Gasteiger partial charge on any atom is 0.257 e. The molecule has 5 heteroatoms. The number of nitrogens with two attached hydrogens (primary N) is 1. The first-order chi connectivity index (χ1) is 8.74. The Morgan fingerprint density at radius 1 is 1.50 bits per heavy atom. The third-order valence-corrected chi connectivity index (χ3v) is 3.43. The van der Waals surface area contributed by atoms with Crippen LogP contribution in [0.15, 0.2) is 18.5 Å². The molecule has 5 nitrogen and oxygen atoms in total. The molecule has 1 fully saturated rings. The van der Waals surface area contributed by atoms with Crippen LogP contribution in [0.5, 0.6) is 0 Å². The lowest BCUT2D eigenvalue weighted by molar-refractivity contribution is 0.0600. The van der Waals surface area contributed by atoms with Crippen LogP contribution in [0, 0.1) is 0 Å². The second kappa shape index (κ2) is 5.82. The Morgan fingerprint density at radius 3 is 3.06 bits per heavy atom. The van der Waals surface area contributed by atoms with Gasteiger partial charge in [-0.1, -0.05) is 12.8 Å². The molecular weight excluding hydrogens is 230 g/mol. The van der Waals surface area contributed by atoms with Gasteiger partial charge in [-0.05, 0) is 18.9 Å². The summed E-state index contributed by atoms with van der Waals surface area (Å²) >= 11 is 0. The molecule has 0 radical (unpaired) electrons. The summed E-state index contributed by atoms with van der Waals surface area (Å²) in [6, 6.07) is 1.53. The van der Waals surface area contributed by atoms with Gasteiger partial charge in [0.05, 0.1) is 18.2 Å². The molecule has 98 valence electrons. The highest BCUT2D eigenvalue weighted by Crippen LogP contribution is 2.20. The van der Waals surface area contributed by atoms with Gasteiger partial charge in [-0.2, -0.15) is 0 Å². The maximum atomic E-state index is 12.4. The van der Waals surface area contributed by atoms with E-state index < -0.39 is 0 Å². The zero-order valence-corrected chi connectivity index (χ0v) is 10.4. The van der Waals surface area contributed by atoms with Crippen LogP contribution >= 0.6 is 0 Å². The molecule has 1 amide bonds. The third kappa shape index (κ3) is 2.61. The summed E-state index contributed by atoms with van der Waals surface area (Å²) in [5, 5.41) is 9.41. The van der Waals surface area contributed by atoms with E-state index in [1.165, 1.54) is 6.20 Å². The number of nitrogen functional groups attached to an aromatic ring is 1. The van der Waals surface area contributed by atoms with Gasteiger partial charge in [-0.3, -0.25) is 9.78 Å². The van der Waals surface area contributed by atoms with Gasteiger partial charge < -0.3 is 15.7 Å². The normalized spacial score (nSPS) is 20.5. The van der Waals surface area contributed by atoms with E-state index in [1.807, 2.05) is 0 Å². The fraction of sp³-hybridized carbons (Fsp3) is 0.538. The number of aliphatic hydroxyl groups excluding tert-OH is 1. The SMILES string of the molecule is Nc1ccncc1C(=O)N1CCCCCC1CO. The summed E-state index contributed by atoms with van der Waals surface area (Å²) in [5.41, 5.74) is 6.67. The minimum Gasteiger partial charge on any atom is -0.398 e. The molecule has 18 heavy (non-hydrogen) atoms. The Morgan fingerprint density at radius 2 is 2.33 bits per heavy atom. The van der Waals surface area contributed by atoms with Gasteiger partial charge >= 0.3 is 0 Å². The number of likely N-dealkylation sites (tertiary alicyclic amines) is 1. The van der Waals surface area contributed by atoms with Crippen molar-refractivity contribution in [1.82, 2.24) is 9.88 Å². The zero-order valence-electron chi connectivity index (χ0n) is 10.4. The molecule has 1 aromatic rings. The topological polar surface area (TPSA) is 79.5 Å². The molecule has 0 aromatic carbocycles. The highest BCUT2D eigenvalue weighted by Gasteiger charge is 2.26. The first-order valence-electron chi connectivity index (χ1n) is 6.35. The summed E-state index contributed by atoms with van der Waals surface area (Å²) in [4.78, 5) is 18.1. The molecule has 0 spiro atoms. The summed E-state index contributed by atoms with van der Waals surface area (Å²) in [6.07, 6.45) is 7.04. The number of pyridine rings is 1. The molecule has 0 bridgehead atoms. The minimum absolute atomic E-state index is 0.00586. The number of hydrogen-bond donors (Lipinski definition) is 2. The van der Waals surface area contributed by atoms with Crippen LogP contribution in [-0.4, -0.2) is 40.1 Å². The highest BCUT2D eigenvalue weighted by molar-refractivity contribution is 5.98. The van der Waals surface area contributed by atoms with Gasteiger partial charge in [0.25, 0.3) is 5.91 Å². The van der Waals surface area contributed by atoms with Crippen molar-refractivity contribution in [2.45, 2.75) is 31.7 Å². The number of rotatable bonds is 2. The number of anilines is 1. The van der Waals surface area contributed by atoms with Gasteiger partial charge in [0.2, 0.25) is 0 Å². The van der Waals surface area contributed by atoms with Gasteiger partial charge in [-0.25, -0.2) is 0 Å². The van der Waals surface area contributed by atoms with Gasteiger partial charge in [0.15, 0.2) is 0 Å². The van der Waals surface area contributed by atoms with Crippen LogP contribution in [-0.2, 0) is 0 Å². The Balaban J connectivity index is 2.23. The van der Waals surface area contributed by atoms with E-state index in [0.717, 1.165) is 25.7 Å². The number of amides is 1. The maximum absolute atomic E-state index is 12.4. The van der Waals surface area contributed by atoms with E-state index in [4.69, 9.17) is 5.73 Å². The zero-order chi connectivity index (χ0) is 13.0. The van der Waals surface area contributed by atoms with E-state index in [9.17, 15) is 9.90 Å². The van der Waals surface area contributed by atoms with Crippen molar-refractivity contribution >= 4 is 11.6 Å². The van der Waals surface area contributed by atoms with Crippen molar-refractivity contribution in [1.29, 1.82) is 0 Å². The Kier molecular flexibility index (Phi) is 4.15. The largest absolute Gasteiger partial charge is 0.398 e. The number of hydrogen-bond acceptors (Lipinski definition) is 4. The van der Waals surface area contributed by atoms with E-state index in [1.54, 1.807) is 17.2 Å². The number of aromatic nitrogens is 1. The van der Waals surface area contributed by atoms with Crippen LogP contribution in [0.1, 0.15) is 36.0 Å². The fourth-order valence-electron chi connectivity index (χ4n) is 2.37. The molecule has 1 unspecified atom stereocenters. The van der Waals surface area contributed by atoms with Gasteiger partial charge in [0.1, 0.15) is 0 Å². The first kappa shape index (κ1) is 12.8. The third-order valence-electron chi connectivity index (χ3n) is 3.43. The minimum atomic E-state index is -0.124. The number of aliphatic hydroxyl groups is 1. The number of nitrogens with zero attached hydrogens (tertiary/aromatic N) is 2. The quantitative estimate of drug-likeness (QED) is 0.820. The van der Waals surface area contributed by atoms with Crippen LogP contribution < -0.4 is 5.73 Å². The molecule has 1 saturated heterocycles. The van der Waals surface area contributed by atoms with Crippen molar-refractivity contribution in [3.8, 4) is 0 Å². The smallest absolute Gasteiger partial charge is 0.257 e. The average molecular weight is 249 g/mol. The Bertz CT molecular complexity index is 422. The molecule has 1 aliphatic rings. The second-order valence-electron chi connectivity index (χ2n) is 4.65. The van der Waals surface area contributed by atoms with Crippen molar-refractivity contribution in [3.05, 3.63) is 24.0 Å². The monoisotopic (exact) mass is 249 g/mol. The molecule has 1 atom stereocenters. The van der Waals surface area contributed by atoms with E-state index in [0.29, 0.717) is 17.8 Å². The molecule has 1 aromatic heterocycles. The lowest BCUT2D eigenvalue weighted by Gasteiger charge is -2.28. The highest BCUT2D eigenvalue weighted by atomic mass is 16.3. The number of carbonyl (C=O) groups is 1. The molecule has 1 aliphatic heterocycles. The van der Waals surface area contributed by atoms with Crippen molar-refractivity contribution < 1.29 is 9.90 Å². The Labute approximate surface area is 107 Å². The Hall–Kier alpha value is -1.62. The van der Waals surface area contributed by atoms with Crippen molar-refractivity contribution in [2.75, 3.05) is 18.9 Å². The lowest BCUT2D eigenvalue weighted by atomic mass is 10.1. The van der Waals surface area contributed by atoms with E-state index in [-0.39, 0.29) is 18.6 Å². The fourth-order valence-corrected chi connectivity index (χ4v) is 2.37. The van der Waals surface area contributed by atoms with Crippen LogP contribution in [0.2, 0.25) is 0 Å². The number of carbonyl (C=O) groups excluding carboxylic acids is 1. The molecule has 3 N–H and O–H groups in total. The van der Waals surface area contributed by atoms with E-state index in [2.05, 4.69) is 4.98 Å². The van der Waals surface area contributed by atoms with E-state index >= 15 is 0 Å². The molecular formula is C13H19N3O2. The van der Waals surface area contributed by atoms with Crippen LogP contribution in [0.3, 0.4) is 0 Å². The molecule has 0 saturated carbocycles. The predicted octanol–water partition coefficient (Wildman–Crippen LogP) is 1.04. The summed E-state index contributed by atoms with van der Waals surface area (Å²) < 4.78 is 0. The van der Waals surface area contributed by atoms with Crippen LogP contribution in [0.4, 0.5) is 5.69 Å². The summed E-state index contributed by atoms with van der Waals surface area (Å²) in [7, 11) is 0. The van der Waals surface area contributed by atoms with Gasteiger partial charge in [-0.15, -0.1) is 0 Å². The molecule has 0 aliphatic carbocycles. The van der Waals surface area contributed by atoms with Crippen molar-refractivity contribution in [2.24, 2.45) is 0 Å². The lowest BCUT2D eigenvalue weighted by Crippen LogP contribution is -2.42. The standard InChI is InChI=1S/C13H19N3O2/c14-12-5-6-15-8-11(12)13(18)16-7-3-1-2-4-10(16)9-17/h5-6,8,10,17H,1-4,7,9H2,(H2,14,15).